The number of anilines is 1. The van der Waals surface area contributed by atoms with Gasteiger partial charge in [0.1, 0.15) is 0 Å². The number of thiazole rings is 1. The number of rotatable bonds is 7. The second-order valence-corrected chi connectivity index (χ2v) is 9.83. The first-order valence-corrected chi connectivity index (χ1v) is 12.9. The lowest BCUT2D eigenvalue weighted by molar-refractivity contribution is -0.384. The van der Waals surface area contributed by atoms with Crippen LogP contribution in [0.5, 0.6) is 0 Å². The van der Waals surface area contributed by atoms with Crippen molar-refractivity contribution in [2.45, 2.75) is 0 Å². The maximum Gasteiger partial charge on any atom is 0.339 e. The van der Waals surface area contributed by atoms with Crippen LogP contribution >= 0.6 is 27.3 Å². The first-order chi connectivity index (χ1) is 18.4. The number of para-hydroxylation sites is 1. The third-order valence-corrected chi connectivity index (χ3v) is 6.75. The van der Waals surface area contributed by atoms with Crippen LogP contribution in [-0.4, -0.2) is 33.4 Å². The maximum atomic E-state index is 13.0. The third kappa shape index (κ3) is 5.58. The van der Waals surface area contributed by atoms with Crippen molar-refractivity contribution in [3.05, 3.63) is 104 Å². The summed E-state index contributed by atoms with van der Waals surface area (Å²) in [6, 6.07) is 22.5. The van der Waals surface area contributed by atoms with Gasteiger partial charge in [0.05, 0.1) is 27.4 Å². The van der Waals surface area contributed by atoms with Gasteiger partial charge in [0.25, 0.3) is 11.6 Å². The van der Waals surface area contributed by atoms with Crippen LogP contribution in [0.4, 0.5) is 10.8 Å². The van der Waals surface area contributed by atoms with Gasteiger partial charge in [0.2, 0.25) is 0 Å². The van der Waals surface area contributed by atoms with Crippen molar-refractivity contribution in [3.63, 3.8) is 0 Å². The molecule has 188 valence electrons. The lowest BCUT2D eigenvalue weighted by atomic mass is 10.0. The van der Waals surface area contributed by atoms with Crippen LogP contribution < -0.4 is 5.32 Å². The number of amides is 1. The van der Waals surface area contributed by atoms with E-state index in [9.17, 15) is 19.7 Å². The summed E-state index contributed by atoms with van der Waals surface area (Å²) >= 11 is 4.61. The summed E-state index contributed by atoms with van der Waals surface area (Å²) in [7, 11) is 0. The largest absolute Gasteiger partial charge is 0.452 e. The second-order valence-electron chi connectivity index (χ2n) is 8.05. The number of benzene rings is 3. The molecule has 0 aliphatic heterocycles. The molecule has 2 aromatic heterocycles. The Balaban J connectivity index is 1.30. The minimum absolute atomic E-state index is 0.0558. The van der Waals surface area contributed by atoms with Gasteiger partial charge in [-0.1, -0.05) is 58.4 Å². The van der Waals surface area contributed by atoms with E-state index in [-0.39, 0.29) is 10.8 Å². The molecular weight excluding hydrogens is 572 g/mol. The predicted molar refractivity (Wildman–Crippen MR) is 148 cm³/mol. The molecule has 1 N–H and O–H groups in total. The van der Waals surface area contributed by atoms with Crippen molar-refractivity contribution >= 4 is 60.9 Å². The van der Waals surface area contributed by atoms with Crippen LogP contribution in [0.3, 0.4) is 0 Å². The summed E-state index contributed by atoms with van der Waals surface area (Å²) in [6.07, 6.45) is 0. The number of carbonyl (C=O) groups is 2. The van der Waals surface area contributed by atoms with Crippen molar-refractivity contribution in [3.8, 4) is 22.5 Å². The summed E-state index contributed by atoms with van der Waals surface area (Å²) in [4.78, 5) is 45.1. The lowest BCUT2D eigenvalue weighted by Gasteiger charge is -2.10. The van der Waals surface area contributed by atoms with Crippen molar-refractivity contribution in [1.29, 1.82) is 0 Å². The van der Waals surface area contributed by atoms with E-state index in [2.05, 4.69) is 31.2 Å². The highest BCUT2D eigenvalue weighted by Gasteiger charge is 2.18. The Morgan fingerprint density at radius 3 is 2.50 bits per heavy atom. The molecule has 5 aromatic rings. The summed E-state index contributed by atoms with van der Waals surface area (Å²) in [5, 5.41) is 16.2. The van der Waals surface area contributed by atoms with E-state index in [0.717, 1.165) is 21.4 Å². The number of nitro benzene ring substituents is 1. The van der Waals surface area contributed by atoms with E-state index in [1.54, 1.807) is 35.7 Å². The fraction of sp³-hybridized carbons (Fsp3) is 0.0370. The number of non-ortho nitro benzene ring substituents is 1. The highest BCUT2D eigenvalue weighted by atomic mass is 79.9. The van der Waals surface area contributed by atoms with Gasteiger partial charge in [-0.3, -0.25) is 20.2 Å². The number of carbonyl (C=O) groups excluding carboxylic acids is 2. The fourth-order valence-electron chi connectivity index (χ4n) is 3.75. The number of pyridine rings is 1. The Hall–Kier alpha value is -4.48. The molecule has 5 rings (SSSR count). The lowest BCUT2D eigenvalue weighted by Crippen LogP contribution is -2.21. The van der Waals surface area contributed by atoms with Crippen LogP contribution in [0.2, 0.25) is 0 Å². The Kier molecular flexibility index (Phi) is 7.20. The molecule has 0 bridgehead atoms. The Morgan fingerprint density at radius 1 is 0.947 bits per heavy atom. The molecule has 3 aromatic carbocycles. The highest BCUT2D eigenvalue weighted by molar-refractivity contribution is 9.10. The zero-order chi connectivity index (χ0) is 26.6. The second kappa shape index (κ2) is 10.9. The number of ether oxygens (including phenoxy) is 1. The van der Waals surface area contributed by atoms with E-state index in [4.69, 9.17) is 4.74 Å². The minimum Gasteiger partial charge on any atom is -0.452 e. The topological polar surface area (TPSA) is 124 Å². The molecule has 38 heavy (non-hydrogen) atoms. The average molecular weight is 589 g/mol. The van der Waals surface area contributed by atoms with E-state index >= 15 is 0 Å². The van der Waals surface area contributed by atoms with Gasteiger partial charge in [-0.15, -0.1) is 11.3 Å². The van der Waals surface area contributed by atoms with Gasteiger partial charge in [0, 0.05) is 38.5 Å². The van der Waals surface area contributed by atoms with Gasteiger partial charge >= 0.3 is 5.97 Å². The molecule has 9 nitrogen and oxygen atoms in total. The number of nitro groups is 1. The number of halogens is 1. The van der Waals surface area contributed by atoms with Crippen molar-refractivity contribution in [1.82, 2.24) is 9.97 Å². The van der Waals surface area contributed by atoms with E-state index in [1.807, 2.05) is 36.4 Å². The monoisotopic (exact) mass is 588 g/mol. The number of fused-ring (bicyclic) bond motifs is 1. The molecule has 0 atom stereocenters. The number of nitrogens with zero attached hydrogens (tertiary/aromatic N) is 3. The Bertz CT molecular complexity index is 1700. The van der Waals surface area contributed by atoms with Gasteiger partial charge in [-0.05, 0) is 24.3 Å². The summed E-state index contributed by atoms with van der Waals surface area (Å²) in [6.45, 7) is -0.520. The number of aromatic nitrogens is 2. The number of esters is 1. The van der Waals surface area contributed by atoms with E-state index < -0.39 is 23.4 Å². The molecule has 0 saturated heterocycles. The number of hydrogen-bond donors (Lipinski definition) is 1. The SMILES string of the molecule is O=C(COC(=O)c1cc(-c2cccc(Br)c2)nc2ccccc12)Nc1nc(-c2cccc([N+](=O)[O-])c2)cs1. The van der Waals surface area contributed by atoms with Crippen LogP contribution in [0.1, 0.15) is 10.4 Å². The van der Waals surface area contributed by atoms with E-state index in [0.29, 0.717) is 33.4 Å². The molecule has 0 spiro atoms. The summed E-state index contributed by atoms with van der Waals surface area (Å²) in [5.41, 5.74) is 3.30. The highest BCUT2D eigenvalue weighted by Crippen LogP contribution is 2.29. The first-order valence-electron chi connectivity index (χ1n) is 11.2. The van der Waals surface area contributed by atoms with Gasteiger partial charge in [-0.25, -0.2) is 14.8 Å². The zero-order valence-corrected chi connectivity index (χ0v) is 21.9. The molecular formula is C27H17BrN4O5S. The van der Waals surface area contributed by atoms with Crippen molar-refractivity contribution in [2.24, 2.45) is 0 Å². The first kappa shape index (κ1) is 25.2. The normalized spacial score (nSPS) is 10.8. The average Bonchev–Trinajstić information content (AvgIpc) is 3.39. The van der Waals surface area contributed by atoms with Crippen molar-refractivity contribution in [2.75, 3.05) is 11.9 Å². The molecule has 0 fully saturated rings. The van der Waals surface area contributed by atoms with Crippen LogP contribution in [-0.2, 0) is 9.53 Å². The molecule has 0 aliphatic rings. The van der Waals surface area contributed by atoms with Crippen LogP contribution in [0, 0.1) is 10.1 Å². The van der Waals surface area contributed by atoms with Crippen LogP contribution in [0.25, 0.3) is 33.4 Å². The third-order valence-electron chi connectivity index (χ3n) is 5.49. The quantitative estimate of drug-likeness (QED) is 0.131. The summed E-state index contributed by atoms with van der Waals surface area (Å²) < 4.78 is 6.21. The smallest absolute Gasteiger partial charge is 0.339 e. The fourth-order valence-corrected chi connectivity index (χ4v) is 4.88. The van der Waals surface area contributed by atoms with E-state index in [1.165, 1.54) is 12.1 Å². The minimum atomic E-state index is -0.661. The molecule has 0 radical (unpaired) electrons. The zero-order valence-electron chi connectivity index (χ0n) is 19.5. The molecule has 1 amide bonds. The Morgan fingerprint density at radius 2 is 1.71 bits per heavy atom. The maximum absolute atomic E-state index is 13.0. The predicted octanol–water partition coefficient (Wildman–Crippen LogP) is 6.49. The summed E-state index contributed by atoms with van der Waals surface area (Å²) in [5.74, 6) is -1.23. The van der Waals surface area contributed by atoms with Gasteiger partial charge in [0.15, 0.2) is 11.7 Å². The van der Waals surface area contributed by atoms with Crippen molar-refractivity contribution < 1.29 is 19.2 Å². The standard InChI is InChI=1S/C27H17BrN4O5S/c28-18-7-3-5-16(11-18)23-13-21(20-9-1-2-10-22(20)29-23)26(34)37-14-25(33)31-27-30-24(15-38-27)17-6-4-8-19(12-17)32(35)36/h1-13,15H,14H2,(H,30,31,33). The van der Waals surface area contributed by atoms with Gasteiger partial charge < -0.3 is 4.74 Å². The molecule has 0 saturated carbocycles. The van der Waals surface area contributed by atoms with Crippen LogP contribution in [0.15, 0.2) is 88.7 Å². The number of hydrogen-bond acceptors (Lipinski definition) is 8. The van der Waals surface area contributed by atoms with Gasteiger partial charge in [-0.2, -0.15) is 0 Å². The molecule has 0 aliphatic carbocycles. The molecule has 11 heteroatoms. The number of nitrogens with one attached hydrogen (secondary N) is 1. The molecule has 0 unspecified atom stereocenters. The Labute approximate surface area is 228 Å². The molecule has 2 heterocycles.